The highest BCUT2D eigenvalue weighted by Gasteiger charge is 2.34. The number of pyridine rings is 1. The molecule has 1 saturated heterocycles. The van der Waals surface area contributed by atoms with Gasteiger partial charge in [0.1, 0.15) is 11.5 Å². The van der Waals surface area contributed by atoms with Gasteiger partial charge in [-0.3, -0.25) is 4.79 Å². The lowest BCUT2D eigenvalue weighted by Gasteiger charge is -2.29. The van der Waals surface area contributed by atoms with E-state index in [1.807, 2.05) is 0 Å². The molecule has 1 aromatic rings. The molecule has 0 radical (unpaired) electrons. The summed E-state index contributed by atoms with van der Waals surface area (Å²) in [5.41, 5.74) is 4.21. The van der Waals surface area contributed by atoms with Crippen molar-refractivity contribution in [1.29, 1.82) is 0 Å². The van der Waals surface area contributed by atoms with Crippen LogP contribution in [0.25, 0.3) is 0 Å². The molecular formula is C11H12F3N3OS. The molecule has 1 aromatic heterocycles. The fraction of sp³-hybridized carbons (Fsp3) is 0.455. The van der Waals surface area contributed by atoms with Gasteiger partial charge in [-0.05, 0) is 12.1 Å². The van der Waals surface area contributed by atoms with Crippen LogP contribution in [0.4, 0.5) is 19.0 Å². The van der Waals surface area contributed by atoms with E-state index in [9.17, 15) is 18.0 Å². The highest BCUT2D eigenvalue weighted by Crippen LogP contribution is 2.31. The van der Waals surface area contributed by atoms with Crippen molar-refractivity contribution >= 4 is 23.5 Å². The first kappa shape index (κ1) is 14.0. The Labute approximate surface area is 112 Å². The number of carbonyl (C=O) groups excluding carboxylic acids is 1. The first-order valence-electron chi connectivity index (χ1n) is 5.60. The third-order valence-corrected chi connectivity index (χ3v) is 3.68. The number of rotatable bonds is 2. The maximum atomic E-state index is 12.7. The summed E-state index contributed by atoms with van der Waals surface area (Å²) in [4.78, 5) is 16.5. The highest BCUT2D eigenvalue weighted by atomic mass is 32.2. The van der Waals surface area contributed by atoms with Crippen molar-refractivity contribution in [3.8, 4) is 0 Å². The number of hydrogen-bond donors (Lipinski definition) is 1. The van der Waals surface area contributed by atoms with Gasteiger partial charge in [-0.1, -0.05) is 0 Å². The fourth-order valence-corrected chi connectivity index (χ4v) is 2.72. The molecule has 19 heavy (non-hydrogen) atoms. The van der Waals surface area contributed by atoms with Crippen LogP contribution >= 0.6 is 11.8 Å². The Balaban J connectivity index is 2.44. The van der Waals surface area contributed by atoms with E-state index in [4.69, 9.17) is 5.73 Å². The van der Waals surface area contributed by atoms with E-state index in [-0.39, 0.29) is 11.4 Å². The van der Waals surface area contributed by atoms with Gasteiger partial charge < -0.3 is 10.6 Å². The molecule has 1 amide bonds. The lowest BCUT2D eigenvalue weighted by atomic mass is 10.2. The van der Waals surface area contributed by atoms with Crippen molar-refractivity contribution in [2.24, 2.45) is 5.73 Å². The third-order valence-electron chi connectivity index (χ3n) is 2.74. The minimum Gasteiger partial charge on any atom is -0.365 e. The summed E-state index contributed by atoms with van der Waals surface area (Å²) >= 11 is 1.71. The van der Waals surface area contributed by atoms with Crippen molar-refractivity contribution in [2.75, 3.05) is 29.5 Å². The number of amides is 1. The number of thioether (sulfide) groups is 1. The Morgan fingerprint density at radius 1 is 1.32 bits per heavy atom. The average Bonchev–Trinajstić information content (AvgIpc) is 2.38. The second kappa shape index (κ2) is 5.28. The first-order chi connectivity index (χ1) is 8.89. The number of halogens is 3. The van der Waals surface area contributed by atoms with Gasteiger partial charge in [-0.25, -0.2) is 4.98 Å². The van der Waals surface area contributed by atoms with Crippen molar-refractivity contribution < 1.29 is 18.0 Å². The molecule has 2 rings (SSSR count). The molecule has 8 heteroatoms. The largest absolute Gasteiger partial charge is 0.433 e. The Morgan fingerprint density at radius 3 is 2.47 bits per heavy atom. The average molecular weight is 291 g/mol. The summed E-state index contributed by atoms with van der Waals surface area (Å²) in [6.07, 6.45) is -4.53. The minimum atomic E-state index is -4.53. The zero-order valence-corrected chi connectivity index (χ0v) is 10.7. The molecule has 4 nitrogen and oxygen atoms in total. The lowest BCUT2D eigenvalue weighted by molar-refractivity contribution is -0.141. The minimum absolute atomic E-state index is 0.0277. The molecule has 2 heterocycles. The van der Waals surface area contributed by atoms with Crippen LogP contribution < -0.4 is 10.6 Å². The van der Waals surface area contributed by atoms with Gasteiger partial charge in [0.05, 0.1) is 5.56 Å². The van der Waals surface area contributed by atoms with Gasteiger partial charge in [0.25, 0.3) is 5.91 Å². The maximum absolute atomic E-state index is 12.7. The SMILES string of the molecule is NC(=O)c1ccc(C(F)(F)F)nc1N1CCSCC1. The van der Waals surface area contributed by atoms with Crippen molar-refractivity contribution in [3.63, 3.8) is 0 Å². The molecule has 0 saturated carbocycles. The summed E-state index contributed by atoms with van der Waals surface area (Å²) < 4.78 is 38.0. The number of anilines is 1. The normalized spacial score (nSPS) is 16.5. The van der Waals surface area contributed by atoms with Gasteiger partial charge in [-0.2, -0.15) is 24.9 Å². The van der Waals surface area contributed by atoms with Gasteiger partial charge in [-0.15, -0.1) is 0 Å². The number of alkyl halides is 3. The summed E-state index contributed by atoms with van der Waals surface area (Å²) in [7, 11) is 0. The highest BCUT2D eigenvalue weighted by molar-refractivity contribution is 7.99. The molecule has 0 atom stereocenters. The van der Waals surface area contributed by atoms with Crippen molar-refractivity contribution in [1.82, 2.24) is 4.98 Å². The predicted octanol–water partition coefficient (Wildman–Crippen LogP) is 1.75. The molecule has 104 valence electrons. The Morgan fingerprint density at radius 2 is 1.95 bits per heavy atom. The lowest BCUT2D eigenvalue weighted by Crippen LogP contribution is -2.35. The van der Waals surface area contributed by atoms with Crippen LogP contribution in [0, 0.1) is 0 Å². The van der Waals surface area contributed by atoms with E-state index in [1.165, 1.54) is 0 Å². The monoisotopic (exact) mass is 291 g/mol. The molecule has 1 aliphatic rings. The van der Waals surface area contributed by atoms with E-state index in [0.29, 0.717) is 13.1 Å². The van der Waals surface area contributed by atoms with Crippen molar-refractivity contribution in [2.45, 2.75) is 6.18 Å². The molecule has 1 aliphatic heterocycles. The van der Waals surface area contributed by atoms with Gasteiger partial charge in [0.15, 0.2) is 0 Å². The van der Waals surface area contributed by atoms with Crippen molar-refractivity contribution in [3.05, 3.63) is 23.4 Å². The van der Waals surface area contributed by atoms with Crippen LogP contribution in [-0.2, 0) is 6.18 Å². The van der Waals surface area contributed by atoms with Crippen LogP contribution in [0.5, 0.6) is 0 Å². The maximum Gasteiger partial charge on any atom is 0.433 e. The summed E-state index contributed by atoms with van der Waals surface area (Å²) in [6, 6.07) is 1.87. The molecule has 0 aliphatic carbocycles. The molecule has 1 fully saturated rings. The Kier molecular flexibility index (Phi) is 3.88. The number of aromatic nitrogens is 1. The number of hydrogen-bond acceptors (Lipinski definition) is 4. The number of primary amides is 1. The fourth-order valence-electron chi connectivity index (χ4n) is 1.81. The molecule has 0 aromatic carbocycles. The summed E-state index contributed by atoms with van der Waals surface area (Å²) in [5, 5.41) is 0. The third kappa shape index (κ3) is 3.12. The first-order valence-corrected chi connectivity index (χ1v) is 6.76. The second-order valence-electron chi connectivity index (χ2n) is 4.03. The molecular weight excluding hydrogens is 279 g/mol. The topological polar surface area (TPSA) is 59.2 Å². The van der Waals surface area contributed by atoms with Crippen LogP contribution in [-0.4, -0.2) is 35.5 Å². The number of nitrogens with zero attached hydrogens (tertiary/aromatic N) is 2. The molecule has 0 bridgehead atoms. The Hall–Kier alpha value is -1.44. The van der Waals surface area contributed by atoms with Gasteiger partial charge >= 0.3 is 6.18 Å². The zero-order valence-electron chi connectivity index (χ0n) is 9.91. The molecule has 2 N–H and O–H groups in total. The molecule has 0 unspecified atom stereocenters. The van der Waals surface area contributed by atoms with E-state index >= 15 is 0 Å². The summed E-state index contributed by atoms with van der Waals surface area (Å²) in [6.45, 7) is 1.11. The van der Waals surface area contributed by atoms with E-state index < -0.39 is 17.8 Å². The van der Waals surface area contributed by atoms with Gasteiger partial charge in [0, 0.05) is 24.6 Å². The second-order valence-corrected chi connectivity index (χ2v) is 5.25. The number of nitrogens with two attached hydrogens (primary N) is 1. The summed E-state index contributed by atoms with van der Waals surface area (Å²) in [5.74, 6) is 0.837. The van der Waals surface area contributed by atoms with Crippen LogP contribution in [0.2, 0.25) is 0 Å². The Bertz CT molecular complexity index is 487. The van der Waals surface area contributed by atoms with E-state index in [1.54, 1.807) is 16.7 Å². The molecule has 0 spiro atoms. The smallest absolute Gasteiger partial charge is 0.365 e. The number of carbonyl (C=O) groups is 1. The van der Waals surface area contributed by atoms with Gasteiger partial charge in [0.2, 0.25) is 0 Å². The van der Waals surface area contributed by atoms with Crippen LogP contribution in [0.3, 0.4) is 0 Å². The quantitative estimate of drug-likeness (QED) is 0.902. The van der Waals surface area contributed by atoms with E-state index in [0.717, 1.165) is 23.6 Å². The van der Waals surface area contributed by atoms with E-state index in [2.05, 4.69) is 4.98 Å². The zero-order chi connectivity index (χ0) is 14.0. The predicted molar refractivity (Wildman–Crippen MR) is 67.3 cm³/mol. The standard InChI is InChI=1S/C11H12F3N3OS/c12-11(13,14)8-2-1-7(9(15)18)10(16-8)17-3-5-19-6-4-17/h1-2H,3-6H2,(H2,15,18). The van der Waals surface area contributed by atoms with Crippen LogP contribution in [0.1, 0.15) is 16.1 Å². The van der Waals surface area contributed by atoms with Crippen LogP contribution in [0.15, 0.2) is 12.1 Å².